The summed E-state index contributed by atoms with van der Waals surface area (Å²) in [6.45, 7) is 6.93. The van der Waals surface area contributed by atoms with Crippen LogP contribution in [0.15, 0.2) is 0 Å². The molecule has 2 rings (SSSR count). The molecule has 0 aromatic carbocycles. The molecule has 0 radical (unpaired) electrons. The molecule has 0 aliphatic carbocycles. The molecule has 1 amide bonds. The maximum atomic E-state index is 12.1. The third-order valence-electron chi connectivity index (χ3n) is 4.74. The Hall–Kier alpha value is -0.610. The van der Waals surface area contributed by atoms with Crippen molar-refractivity contribution in [1.82, 2.24) is 4.90 Å². The fraction of sp³-hybridized carbons (Fsp3) is 0.938. The van der Waals surface area contributed by atoms with Crippen molar-refractivity contribution in [1.29, 1.82) is 0 Å². The molecular weight excluding hydrogens is 254 g/mol. The number of aliphatic hydroxyl groups excluding tert-OH is 1. The van der Waals surface area contributed by atoms with Gasteiger partial charge in [0.2, 0.25) is 5.91 Å². The minimum Gasteiger partial charge on any atom is -0.396 e. The molecule has 1 spiro atoms. The lowest BCUT2D eigenvalue weighted by molar-refractivity contribution is -0.148. The summed E-state index contributed by atoms with van der Waals surface area (Å²) in [5.41, 5.74) is -0.0211. The van der Waals surface area contributed by atoms with Crippen LogP contribution in [0.5, 0.6) is 0 Å². The normalized spacial score (nSPS) is 26.2. The number of nitrogens with zero attached hydrogens (tertiary/aromatic N) is 1. The Labute approximate surface area is 122 Å². The largest absolute Gasteiger partial charge is 0.396 e. The van der Waals surface area contributed by atoms with Gasteiger partial charge in [0.05, 0.1) is 5.60 Å². The van der Waals surface area contributed by atoms with Gasteiger partial charge < -0.3 is 14.7 Å². The van der Waals surface area contributed by atoms with E-state index in [4.69, 9.17) is 9.84 Å². The zero-order chi connectivity index (χ0) is 14.6. The van der Waals surface area contributed by atoms with E-state index in [9.17, 15) is 4.79 Å². The molecule has 4 nitrogen and oxygen atoms in total. The monoisotopic (exact) mass is 283 g/mol. The minimum absolute atomic E-state index is 0.0211. The first kappa shape index (κ1) is 15.8. The van der Waals surface area contributed by atoms with Gasteiger partial charge in [-0.1, -0.05) is 13.8 Å². The molecule has 2 aliphatic rings. The fourth-order valence-corrected chi connectivity index (χ4v) is 3.55. The smallest absolute Gasteiger partial charge is 0.222 e. The molecule has 2 saturated heterocycles. The van der Waals surface area contributed by atoms with Crippen LogP contribution < -0.4 is 0 Å². The summed E-state index contributed by atoms with van der Waals surface area (Å²) >= 11 is 0. The fourth-order valence-electron chi connectivity index (χ4n) is 3.55. The van der Waals surface area contributed by atoms with Crippen LogP contribution in [0.25, 0.3) is 0 Å². The van der Waals surface area contributed by atoms with E-state index < -0.39 is 0 Å². The first-order chi connectivity index (χ1) is 9.54. The summed E-state index contributed by atoms with van der Waals surface area (Å²) in [6.07, 6.45) is 5.58. The van der Waals surface area contributed by atoms with E-state index in [2.05, 4.69) is 13.8 Å². The van der Waals surface area contributed by atoms with Crippen LogP contribution >= 0.6 is 0 Å². The highest BCUT2D eigenvalue weighted by molar-refractivity contribution is 5.76. The predicted molar refractivity (Wildman–Crippen MR) is 78.4 cm³/mol. The van der Waals surface area contributed by atoms with Crippen LogP contribution in [0.2, 0.25) is 0 Å². The van der Waals surface area contributed by atoms with Crippen LogP contribution in [-0.2, 0) is 9.53 Å². The molecule has 1 atom stereocenters. The second kappa shape index (κ2) is 6.90. The molecule has 2 aliphatic heterocycles. The molecule has 4 heteroatoms. The number of piperidine rings is 1. The van der Waals surface area contributed by atoms with Gasteiger partial charge in [-0.05, 0) is 43.9 Å². The van der Waals surface area contributed by atoms with E-state index in [1.54, 1.807) is 0 Å². The van der Waals surface area contributed by atoms with Gasteiger partial charge in [-0.3, -0.25) is 4.79 Å². The Kier molecular flexibility index (Phi) is 5.44. The molecule has 2 heterocycles. The number of hydrogen-bond donors (Lipinski definition) is 1. The van der Waals surface area contributed by atoms with Crippen molar-refractivity contribution in [2.75, 3.05) is 26.3 Å². The predicted octanol–water partition coefficient (Wildman–Crippen LogP) is 2.20. The maximum Gasteiger partial charge on any atom is 0.222 e. The lowest BCUT2D eigenvalue weighted by Crippen LogP contribution is -2.51. The van der Waals surface area contributed by atoms with Crippen LogP contribution in [0.3, 0.4) is 0 Å². The van der Waals surface area contributed by atoms with E-state index in [1.807, 2.05) is 4.90 Å². The molecule has 0 bridgehead atoms. The second-order valence-electron chi connectivity index (χ2n) is 6.88. The Bertz CT molecular complexity index is 320. The van der Waals surface area contributed by atoms with Gasteiger partial charge in [-0.15, -0.1) is 0 Å². The highest BCUT2D eigenvalue weighted by Gasteiger charge is 2.40. The average molecular weight is 283 g/mol. The van der Waals surface area contributed by atoms with Gasteiger partial charge in [0.15, 0.2) is 0 Å². The van der Waals surface area contributed by atoms with Gasteiger partial charge in [0, 0.05) is 32.7 Å². The third kappa shape index (κ3) is 3.95. The Balaban J connectivity index is 1.85. The summed E-state index contributed by atoms with van der Waals surface area (Å²) in [5, 5.41) is 9.11. The zero-order valence-corrected chi connectivity index (χ0v) is 12.9. The molecule has 2 fully saturated rings. The van der Waals surface area contributed by atoms with E-state index in [0.29, 0.717) is 18.3 Å². The molecular formula is C16H29NO3. The summed E-state index contributed by atoms with van der Waals surface area (Å²) in [5.74, 6) is 1.31. The van der Waals surface area contributed by atoms with Gasteiger partial charge in [-0.2, -0.15) is 0 Å². The molecule has 1 unspecified atom stereocenters. The number of carbonyl (C=O) groups is 1. The quantitative estimate of drug-likeness (QED) is 0.860. The number of aliphatic hydroxyl groups is 1. The van der Waals surface area contributed by atoms with Crippen molar-refractivity contribution in [3.05, 3.63) is 0 Å². The number of amides is 1. The lowest BCUT2D eigenvalue weighted by atomic mass is 9.78. The number of hydrogen-bond acceptors (Lipinski definition) is 3. The standard InChI is InChI=1S/C16H29NO3/c1-13(2)11-15(19)17-7-5-16(6-8-17)12-14(3-9-18)4-10-20-16/h13-14,18H,3-12H2,1-2H3. The van der Waals surface area contributed by atoms with E-state index in [-0.39, 0.29) is 18.1 Å². The van der Waals surface area contributed by atoms with Crippen molar-refractivity contribution in [3.8, 4) is 0 Å². The van der Waals surface area contributed by atoms with E-state index in [1.165, 1.54) is 0 Å². The topological polar surface area (TPSA) is 49.8 Å². The minimum atomic E-state index is -0.0211. The summed E-state index contributed by atoms with van der Waals surface area (Å²) in [4.78, 5) is 14.1. The summed E-state index contributed by atoms with van der Waals surface area (Å²) < 4.78 is 6.07. The van der Waals surface area contributed by atoms with Gasteiger partial charge in [0.25, 0.3) is 0 Å². The zero-order valence-electron chi connectivity index (χ0n) is 12.9. The van der Waals surface area contributed by atoms with Crippen LogP contribution in [0, 0.1) is 11.8 Å². The van der Waals surface area contributed by atoms with Crippen LogP contribution in [0.4, 0.5) is 0 Å². The number of ether oxygens (including phenoxy) is 1. The summed E-state index contributed by atoms with van der Waals surface area (Å²) in [6, 6.07) is 0. The van der Waals surface area contributed by atoms with Gasteiger partial charge in [-0.25, -0.2) is 0 Å². The Morgan fingerprint density at radius 1 is 1.40 bits per heavy atom. The first-order valence-corrected chi connectivity index (χ1v) is 8.07. The molecule has 0 aromatic rings. The maximum absolute atomic E-state index is 12.1. The number of carbonyl (C=O) groups excluding carboxylic acids is 1. The Morgan fingerprint density at radius 2 is 2.10 bits per heavy atom. The van der Waals surface area contributed by atoms with Crippen molar-refractivity contribution in [2.24, 2.45) is 11.8 Å². The Morgan fingerprint density at radius 3 is 2.70 bits per heavy atom. The summed E-state index contributed by atoms with van der Waals surface area (Å²) in [7, 11) is 0. The number of rotatable bonds is 4. The highest BCUT2D eigenvalue weighted by atomic mass is 16.5. The molecule has 1 N–H and O–H groups in total. The van der Waals surface area contributed by atoms with Crippen molar-refractivity contribution < 1.29 is 14.6 Å². The molecule has 20 heavy (non-hydrogen) atoms. The SMILES string of the molecule is CC(C)CC(=O)N1CCC2(CC1)CC(CCO)CCO2. The van der Waals surface area contributed by atoms with Crippen molar-refractivity contribution in [3.63, 3.8) is 0 Å². The average Bonchev–Trinajstić information content (AvgIpc) is 2.39. The van der Waals surface area contributed by atoms with Crippen molar-refractivity contribution in [2.45, 2.75) is 58.0 Å². The molecule has 0 aromatic heterocycles. The number of likely N-dealkylation sites (tertiary alicyclic amines) is 1. The lowest BCUT2D eigenvalue weighted by Gasteiger charge is -2.46. The molecule has 116 valence electrons. The van der Waals surface area contributed by atoms with Crippen LogP contribution in [0.1, 0.15) is 52.4 Å². The van der Waals surface area contributed by atoms with Gasteiger partial charge >= 0.3 is 0 Å². The van der Waals surface area contributed by atoms with E-state index >= 15 is 0 Å². The molecule has 0 saturated carbocycles. The van der Waals surface area contributed by atoms with Crippen LogP contribution in [-0.4, -0.2) is 47.8 Å². The second-order valence-corrected chi connectivity index (χ2v) is 6.88. The van der Waals surface area contributed by atoms with Crippen molar-refractivity contribution >= 4 is 5.91 Å². The first-order valence-electron chi connectivity index (χ1n) is 8.07. The third-order valence-corrected chi connectivity index (χ3v) is 4.74. The van der Waals surface area contributed by atoms with Gasteiger partial charge in [0.1, 0.15) is 0 Å². The highest BCUT2D eigenvalue weighted by Crippen LogP contribution is 2.38. The van der Waals surface area contributed by atoms with E-state index in [0.717, 1.165) is 51.8 Å².